The lowest BCUT2D eigenvalue weighted by atomic mass is 9.84. The Morgan fingerprint density at radius 1 is 0.875 bits per heavy atom. The van der Waals surface area contributed by atoms with Gasteiger partial charge in [-0.2, -0.15) is 0 Å². The van der Waals surface area contributed by atoms with Gasteiger partial charge < -0.3 is 36.5 Å². The van der Waals surface area contributed by atoms with E-state index in [9.17, 15) is 33.6 Å². The van der Waals surface area contributed by atoms with E-state index in [0.717, 1.165) is 0 Å². The van der Waals surface area contributed by atoms with Crippen molar-refractivity contribution >= 4 is 41.4 Å². The fourth-order valence-corrected chi connectivity index (χ4v) is 5.18. The van der Waals surface area contributed by atoms with Crippen molar-refractivity contribution in [1.29, 1.82) is 0 Å². The number of Topliss-reactive ketones (excluding diaryl/α,β-unsaturated/α-hetero) is 1. The summed E-state index contributed by atoms with van der Waals surface area (Å²) in [5, 5.41) is 10.6. The van der Waals surface area contributed by atoms with Gasteiger partial charge in [-0.05, 0) is 30.6 Å². The van der Waals surface area contributed by atoms with Crippen LogP contribution in [0.5, 0.6) is 0 Å². The Bertz CT molecular complexity index is 1110. The predicted octanol–water partition coefficient (Wildman–Crippen LogP) is 1.03. The zero-order valence-corrected chi connectivity index (χ0v) is 29.8. The first-order valence-electron chi connectivity index (χ1n) is 16.9. The molecule has 15 nitrogen and oxygen atoms in total. The Morgan fingerprint density at radius 3 is 2.10 bits per heavy atom. The van der Waals surface area contributed by atoms with E-state index in [4.69, 9.17) is 15.2 Å². The van der Waals surface area contributed by atoms with Crippen LogP contribution in [0.3, 0.4) is 0 Å². The second-order valence-electron chi connectivity index (χ2n) is 14.0. The van der Waals surface area contributed by atoms with Crippen LogP contribution < -0.4 is 27.0 Å². The highest BCUT2D eigenvalue weighted by Gasteiger charge is 2.40. The summed E-state index contributed by atoms with van der Waals surface area (Å²) < 4.78 is 10.9. The van der Waals surface area contributed by atoms with Gasteiger partial charge in [-0.3, -0.25) is 33.7 Å². The van der Waals surface area contributed by atoms with Gasteiger partial charge in [-0.1, -0.05) is 48.5 Å². The van der Waals surface area contributed by atoms with Crippen LogP contribution >= 0.6 is 0 Å². The van der Waals surface area contributed by atoms with Crippen molar-refractivity contribution in [3.8, 4) is 0 Å². The van der Waals surface area contributed by atoms with Gasteiger partial charge in [-0.25, -0.2) is 4.79 Å². The summed E-state index contributed by atoms with van der Waals surface area (Å²) in [4.78, 5) is 87.3. The molecule has 0 aromatic carbocycles. The summed E-state index contributed by atoms with van der Waals surface area (Å²) in [5.74, 6) is -2.61. The summed E-state index contributed by atoms with van der Waals surface area (Å²) in [7, 11) is 0. The molecular formula is C33H58N6O9. The van der Waals surface area contributed by atoms with Crippen molar-refractivity contribution in [2.75, 3.05) is 46.1 Å². The Morgan fingerprint density at radius 2 is 1.52 bits per heavy atom. The molecule has 0 aliphatic carbocycles. The molecule has 1 aliphatic rings. The molecule has 1 unspecified atom stereocenters. The number of amides is 7. The Hall–Kier alpha value is -3.59. The Balaban J connectivity index is 2.29. The highest BCUT2D eigenvalue weighted by molar-refractivity contribution is 6.03. The largest absolute Gasteiger partial charge is 0.379 e. The summed E-state index contributed by atoms with van der Waals surface area (Å²) in [5.41, 5.74) is 5.01. The SMILES string of the molecule is CC(C)C(=O)[C@H](CCCNC(N)=O)NC(=O)[C@@H](NC(=O)CCOCCOCCNC(=O)CCN1C(=O)CC(CC(C)(C)C)C1=O)C(C)C. The van der Waals surface area contributed by atoms with E-state index in [1.54, 1.807) is 27.7 Å². The zero-order chi connectivity index (χ0) is 36.4. The first-order chi connectivity index (χ1) is 22.4. The molecule has 7 amide bonds. The predicted molar refractivity (Wildman–Crippen MR) is 178 cm³/mol. The summed E-state index contributed by atoms with van der Waals surface area (Å²) in [6, 6.07) is -2.29. The van der Waals surface area contributed by atoms with Crippen molar-refractivity contribution < 1.29 is 43.0 Å². The molecule has 6 N–H and O–H groups in total. The molecule has 1 fully saturated rings. The number of primary amides is 1. The number of likely N-dealkylation sites (tertiary alicyclic amines) is 1. The smallest absolute Gasteiger partial charge is 0.312 e. The fourth-order valence-electron chi connectivity index (χ4n) is 5.18. The minimum absolute atomic E-state index is 0.0126. The molecule has 1 heterocycles. The van der Waals surface area contributed by atoms with E-state index >= 15 is 0 Å². The minimum Gasteiger partial charge on any atom is -0.379 e. The maximum absolute atomic E-state index is 13.0. The first-order valence-corrected chi connectivity index (χ1v) is 16.9. The second kappa shape index (κ2) is 21.4. The number of carbonyl (C=O) groups is 7. The number of ketones is 1. The topological polar surface area (TPSA) is 215 Å². The van der Waals surface area contributed by atoms with Crippen LogP contribution in [0.2, 0.25) is 0 Å². The minimum atomic E-state index is -0.857. The maximum Gasteiger partial charge on any atom is 0.312 e. The number of hydrogen-bond acceptors (Lipinski definition) is 9. The lowest BCUT2D eigenvalue weighted by Gasteiger charge is -2.26. The molecule has 3 atom stereocenters. The van der Waals surface area contributed by atoms with Crippen LogP contribution in [-0.2, 0) is 38.2 Å². The number of nitrogens with zero attached hydrogens (tertiary/aromatic N) is 1. The summed E-state index contributed by atoms with van der Waals surface area (Å²) >= 11 is 0. The van der Waals surface area contributed by atoms with Gasteiger partial charge >= 0.3 is 6.03 Å². The van der Waals surface area contributed by atoms with E-state index in [0.29, 0.717) is 19.3 Å². The van der Waals surface area contributed by atoms with Crippen LogP contribution in [0, 0.1) is 23.2 Å². The zero-order valence-electron chi connectivity index (χ0n) is 29.8. The average molecular weight is 683 g/mol. The number of hydrogen-bond donors (Lipinski definition) is 5. The number of carbonyl (C=O) groups excluding carboxylic acids is 7. The average Bonchev–Trinajstić information content (AvgIpc) is 3.24. The molecule has 0 saturated carbocycles. The van der Waals surface area contributed by atoms with E-state index in [1.807, 2.05) is 20.8 Å². The third-order valence-electron chi connectivity index (χ3n) is 7.64. The molecule has 0 radical (unpaired) electrons. The molecule has 1 aliphatic heterocycles. The van der Waals surface area contributed by atoms with Crippen molar-refractivity contribution in [3.63, 3.8) is 0 Å². The molecule has 0 spiro atoms. The van der Waals surface area contributed by atoms with Crippen LogP contribution in [0.25, 0.3) is 0 Å². The quantitative estimate of drug-likeness (QED) is 0.0767. The number of nitrogens with two attached hydrogens (primary N) is 1. The van der Waals surface area contributed by atoms with Crippen molar-refractivity contribution in [2.45, 2.75) is 99.1 Å². The monoisotopic (exact) mass is 682 g/mol. The maximum atomic E-state index is 13.0. The van der Waals surface area contributed by atoms with Crippen molar-refractivity contribution in [2.24, 2.45) is 28.9 Å². The molecular weight excluding hydrogens is 624 g/mol. The van der Waals surface area contributed by atoms with Gasteiger partial charge in [-0.15, -0.1) is 0 Å². The molecule has 1 saturated heterocycles. The van der Waals surface area contributed by atoms with Gasteiger partial charge in [0.25, 0.3) is 0 Å². The van der Waals surface area contributed by atoms with Crippen LogP contribution in [0.15, 0.2) is 0 Å². The number of imide groups is 1. The van der Waals surface area contributed by atoms with Crippen LogP contribution in [-0.4, -0.2) is 104 Å². The Labute approximate surface area is 284 Å². The molecule has 0 aromatic rings. The third kappa shape index (κ3) is 17.0. The van der Waals surface area contributed by atoms with E-state index in [-0.39, 0.29) is 118 Å². The van der Waals surface area contributed by atoms with Crippen molar-refractivity contribution in [3.05, 3.63) is 0 Å². The molecule has 15 heteroatoms. The van der Waals surface area contributed by atoms with Gasteiger partial charge in [0.2, 0.25) is 29.5 Å². The van der Waals surface area contributed by atoms with Crippen LogP contribution in [0.4, 0.5) is 4.79 Å². The second-order valence-corrected chi connectivity index (χ2v) is 14.0. The molecule has 274 valence electrons. The standard InChI is InChI=1S/C33H58N6O9/c1-21(2)28(30(44)37-24(29(43)22(3)4)9-8-12-36-32(34)46)38-26(41)11-15-47-17-18-48-16-13-35-25(40)10-14-39-27(42)19-23(31(39)45)20-33(5,6)7/h21-24,28H,8-20H2,1-7H3,(H,35,40)(H,37,44)(H,38,41)(H3,34,36,46)/t23?,24-,28-/m0/s1. The van der Waals surface area contributed by atoms with E-state index in [2.05, 4.69) is 21.3 Å². The highest BCUT2D eigenvalue weighted by Crippen LogP contribution is 2.32. The third-order valence-corrected chi connectivity index (χ3v) is 7.64. The molecule has 1 rings (SSSR count). The normalized spacial score (nSPS) is 16.2. The van der Waals surface area contributed by atoms with E-state index in [1.165, 1.54) is 4.90 Å². The van der Waals surface area contributed by atoms with Gasteiger partial charge in [0.1, 0.15) is 6.04 Å². The number of nitrogens with one attached hydrogen (secondary N) is 4. The summed E-state index contributed by atoms with van der Waals surface area (Å²) in [6.07, 6.45) is 1.60. The first kappa shape index (κ1) is 42.4. The number of rotatable bonds is 23. The van der Waals surface area contributed by atoms with Gasteiger partial charge in [0, 0.05) is 50.7 Å². The lowest BCUT2D eigenvalue weighted by molar-refractivity contribution is -0.140. The summed E-state index contributed by atoms with van der Waals surface area (Å²) in [6.45, 7) is 14.5. The lowest BCUT2D eigenvalue weighted by Crippen LogP contribution is -2.54. The number of urea groups is 1. The molecule has 0 aromatic heterocycles. The van der Waals surface area contributed by atoms with Gasteiger partial charge in [0.15, 0.2) is 5.78 Å². The number of ether oxygens (including phenoxy) is 2. The van der Waals surface area contributed by atoms with E-state index < -0.39 is 24.0 Å². The fraction of sp³-hybridized carbons (Fsp3) is 0.788. The van der Waals surface area contributed by atoms with Crippen LogP contribution in [0.1, 0.15) is 87.0 Å². The highest BCUT2D eigenvalue weighted by atomic mass is 16.5. The van der Waals surface area contributed by atoms with Gasteiger partial charge in [0.05, 0.1) is 32.5 Å². The molecule has 0 bridgehead atoms. The van der Waals surface area contributed by atoms with Crippen molar-refractivity contribution in [1.82, 2.24) is 26.2 Å². The Kier molecular flexibility index (Phi) is 18.9. The molecule has 48 heavy (non-hydrogen) atoms.